The molecule has 0 unspecified atom stereocenters. The zero-order chi connectivity index (χ0) is 20.0. The van der Waals surface area contributed by atoms with Gasteiger partial charge in [-0.1, -0.05) is 41.3 Å². The van der Waals surface area contributed by atoms with Crippen LogP contribution in [0.1, 0.15) is 16.7 Å². The SMILES string of the molecule is C#CCOc1c(Cl)cc(/C=C(\C#N)C(=O)Nc2cc(C)ccc2C)cc1Cl. The molecule has 2 aromatic carbocycles. The Morgan fingerprint density at radius 2 is 1.93 bits per heavy atom. The maximum Gasteiger partial charge on any atom is 0.266 e. The number of nitrogens with one attached hydrogen (secondary N) is 1. The maximum atomic E-state index is 12.5. The minimum absolute atomic E-state index is 0.0241. The molecule has 0 saturated carbocycles. The molecule has 0 spiro atoms. The van der Waals surface area contributed by atoms with Gasteiger partial charge in [0, 0.05) is 5.69 Å². The highest BCUT2D eigenvalue weighted by atomic mass is 35.5. The van der Waals surface area contributed by atoms with Crippen LogP contribution >= 0.6 is 23.2 Å². The number of halogens is 2. The summed E-state index contributed by atoms with van der Waals surface area (Å²) in [5, 5.41) is 12.6. The van der Waals surface area contributed by atoms with E-state index < -0.39 is 5.91 Å². The van der Waals surface area contributed by atoms with E-state index in [0.29, 0.717) is 11.3 Å². The van der Waals surface area contributed by atoms with Crippen molar-refractivity contribution in [3.8, 4) is 24.2 Å². The van der Waals surface area contributed by atoms with E-state index in [1.54, 1.807) is 12.1 Å². The number of terminal acetylenes is 1. The molecule has 0 radical (unpaired) electrons. The minimum Gasteiger partial charge on any atom is -0.478 e. The number of nitriles is 1. The summed E-state index contributed by atoms with van der Waals surface area (Å²) in [5.41, 5.74) is 2.95. The Morgan fingerprint density at radius 3 is 2.52 bits per heavy atom. The van der Waals surface area contributed by atoms with Crippen LogP contribution in [0.3, 0.4) is 0 Å². The smallest absolute Gasteiger partial charge is 0.266 e. The zero-order valence-corrected chi connectivity index (χ0v) is 16.3. The monoisotopic (exact) mass is 398 g/mol. The lowest BCUT2D eigenvalue weighted by molar-refractivity contribution is -0.112. The number of hydrogen-bond donors (Lipinski definition) is 1. The van der Waals surface area contributed by atoms with Crippen molar-refractivity contribution in [1.82, 2.24) is 0 Å². The normalized spacial score (nSPS) is 10.7. The van der Waals surface area contributed by atoms with Crippen LogP contribution in [-0.4, -0.2) is 12.5 Å². The third-order valence-corrected chi connectivity index (χ3v) is 4.20. The van der Waals surface area contributed by atoms with Crippen molar-refractivity contribution in [2.24, 2.45) is 0 Å². The number of amides is 1. The second-order valence-electron chi connectivity index (χ2n) is 5.75. The molecular formula is C21H16Cl2N2O2. The second-order valence-corrected chi connectivity index (χ2v) is 6.56. The van der Waals surface area contributed by atoms with Crippen LogP contribution in [-0.2, 0) is 4.79 Å². The molecule has 2 aromatic rings. The van der Waals surface area contributed by atoms with E-state index in [-0.39, 0.29) is 28.0 Å². The first-order valence-corrected chi connectivity index (χ1v) is 8.67. The van der Waals surface area contributed by atoms with Gasteiger partial charge in [-0.2, -0.15) is 5.26 Å². The van der Waals surface area contributed by atoms with Gasteiger partial charge in [0.1, 0.15) is 18.2 Å². The predicted octanol–water partition coefficient (Wildman–Crippen LogP) is 5.17. The molecule has 1 N–H and O–H groups in total. The number of benzene rings is 2. The van der Waals surface area contributed by atoms with Gasteiger partial charge in [0.15, 0.2) is 5.75 Å². The van der Waals surface area contributed by atoms with Crippen molar-refractivity contribution in [3.05, 3.63) is 62.6 Å². The van der Waals surface area contributed by atoms with E-state index in [1.165, 1.54) is 6.08 Å². The van der Waals surface area contributed by atoms with Crippen LogP contribution in [0, 0.1) is 37.5 Å². The molecule has 1 amide bonds. The first-order valence-electron chi connectivity index (χ1n) is 7.91. The second kappa shape index (κ2) is 9.14. The Bertz CT molecular complexity index is 975. The molecule has 0 heterocycles. The molecule has 0 aliphatic heterocycles. The molecule has 4 nitrogen and oxygen atoms in total. The van der Waals surface area contributed by atoms with Crippen LogP contribution in [0.2, 0.25) is 10.0 Å². The number of carbonyl (C=O) groups is 1. The number of anilines is 1. The fourth-order valence-corrected chi connectivity index (χ4v) is 2.90. The molecule has 0 aliphatic rings. The molecule has 0 fully saturated rings. The van der Waals surface area contributed by atoms with E-state index in [9.17, 15) is 10.1 Å². The summed E-state index contributed by atoms with van der Waals surface area (Å²) in [7, 11) is 0. The molecule has 27 heavy (non-hydrogen) atoms. The number of nitrogens with zero attached hydrogens (tertiary/aromatic N) is 1. The highest BCUT2D eigenvalue weighted by Gasteiger charge is 2.13. The van der Waals surface area contributed by atoms with Gasteiger partial charge in [-0.3, -0.25) is 4.79 Å². The fraction of sp³-hybridized carbons (Fsp3) is 0.143. The third kappa shape index (κ3) is 5.28. The van der Waals surface area contributed by atoms with E-state index in [1.807, 2.05) is 38.1 Å². The summed E-state index contributed by atoms with van der Waals surface area (Å²) >= 11 is 12.3. The van der Waals surface area contributed by atoms with Crippen LogP contribution in [0.25, 0.3) is 6.08 Å². The molecule has 136 valence electrons. The quantitative estimate of drug-likeness (QED) is 0.429. The zero-order valence-electron chi connectivity index (χ0n) is 14.8. The van der Waals surface area contributed by atoms with E-state index >= 15 is 0 Å². The van der Waals surface area contributed by atoms with Crippen LogP contribution in [0.5, 0.6) is 5.75 Å². The molecule has 6 heteroatoms. The van der Waals surface area contributed by atoms with Crippen LogP contribution in [0.15, 0.2) is 35.9 Å². The van der Waals surface area contributed by atoms with E-state index in [2.05, 4.69) is 11.2 Å². The largest absolute Gasteiger partial charge is 0.478 e. The van der Waals surface area contributed by atoms with Gasteiger partial charge in [0.25, 0.3) is 5.91 Å². The van der Waals surface area contributed by atoms with Crippen molar-refractivity contribution in [1.29, 1.82) is 5.26 Å². The van der Waals surface area contributed by atoms with Gasteiger partial charge < -0.3 is 10.1 Å². The van der Waals surface area contributed by atoms with Gasteiger partial charge in [-0.05, 0) is 54.8 Å². The summed E-state index contributed by atoms with van der Waals surface area (Å²) in [6.07, 6.45) is 6.56. The third-order valence-electron chi connectivity index (χ3n) is 3.64. The van der Waals surface area contributed by atoms with E-state index in [0.717, 1.165) is 11.1 Å². The first-order chi connectivity index (χ1) is 12.8. The molecule has 0 aliphatic carbocycles. The highest BCUT2D eigenvalue weighted by Crippen LogP contribution is 2.34. The average Bonchev–Trinajstić information content (AvgIpc) is 2.62. The number of ether oxygens (including phenoxy) is 1. The molecule has 0 saturated heterocycles. The van der Waals surface area contributed by atoms with Crippen molar-refractivity contribution in [2.45, 2.75) is 13.8 Å². The standard InChI is InChI=1S/C21H16Cl2N2O2/c1-4-7-27-20-17(22)10-15(11-18(20)23)9-16(12-24)21(26)25-19-8-13(2)5-6-14(19)3/h1,5-6,8-11H,7H2,2-3H3,(H,25,26)/b16-9+. The van der Waals surface area contributed by atoms with Crippen molar-refractivity contribution in [2.75, 3.05) is 11.9 Å². The predicted molar refractivity (Wildman–Crippen MR) is 109 cm³/mol. The lowest BCUT2D eigenvalue weighted by atomic mass is 10.1. The van der Waals surface area contributed by atoms with Crippen LogP contribution < -0.4 is 10.1 Å². The summed E-state index contributed by atoms with van der Waals surface area (Å²) in [6.45, 7) is 3.82. The maximum absolute atomic E-state index is 12.5. The van der Waals surface area contributed by atoms with Gasteiger partial charge in [0.2, 0.25) is 0 Å². The summed E-state index contributed by atoms with van der Waals surface area (Å²) in [5.74, 6) is 2.06. The Hall–Kier alpha value is -2.92. The number of aryl methyl sites for hydroxylation is 2. The molecule has 0 atom stereocenters. The van der Waals surface area contributed by atoms with Crippen molar-refractivity contribution in [3.63, 3.8) is 0 Å². The average molecular weight is 399 g/mol. The minimum atomic E-state index is -0.522. The van der Waals surface area contributed by atoms with Crippen molar-refractivity contribution < 1.29 is 9.53 Å². The number of rotatable bonds is 5. The van der Waals surface area contributed by atoms with Gasteiger partial charge in [-0.15, -0.1) is 6.42 Å². The Morgan fingerprint density at radius 1 is 1.26 bits per heavy atom. The lowest BCUT2D eigenvalue weighted by Gasteiger charge is -2.10. The van der Waals surface area contributed by atoms with Gasteiger partial charge >= 0.3 is 0 Å². The van der Waals surface area contributed by atoms with Gasteiger partial charge in [-0.25, -0.2) is 0 Å². The molecule has 0 bridgehead atoms. The molecule has 0 aromatic heterocycles. The number of hydrogen-bond acceptors (Lipinski definition) is 3. The Kier molecular flexibility index (Phi) is 6.91. The summed E-state index contributed by atoms with van der Waals surface area (Å²) in [6, 6.07) is 10.7. The Labute approximate surface area is 168 Å². The topological polar surface area (TPSA) is 62.1 Å². The highest BCUT2D eigenvalue weighted by molar-refractivity contribution is 6.37. The van der Waals surface area contributed by atoms with E-state index in [4.69, 9.17) is 34.4 Å². The molecular weight excluding hydrogens is 383 g/mol. The van der Waals surface area contributed by atoms with Crippen molar-refractivity contribution >= 4 is 40.9 Å². The Balaban J connectivity index is 2.30. The fourth-order valence-electron chi connectivity index (χ4n) is 2.29. The van der Waals surface area contributed by atoms with Crippen LogP contribution in [0.4, 0.5) is 5.69 Å². The lowest BCUT2D eigenvalue weighted by Crippen LogP contribution is -2.14. The first kappa shape index (κ1) is 20.4. The summed E-state index contributed by atoms with van der Waals surface area (Å²) in [4.78, 5) is 12.5. The molecule has 2 rings (SSSR count). The number of carbonyl (C=O) groups excluding carboxylic acids is 1. The van der Waals surface area contributed by atoms with Gasteiger partial charge in [0.05, 0.1) is 10.0 Å². The summed E-state index contributed by atoms with van der Waals surface area (Å²) < 4.78 is 5.29.